The van der Waals surface area contributed by atoms with Gasteiger partial charge in [0, 0.05) is 30.6 Å². The van der Waals surface area contributed by atoms with Crippen molar-refractivity contribution < 1.29 is 4.74 Å². The Labute approximate surface area is 170 Å². The minimum atomic E-state index is -0.125. The largest absolute Gasteiger partial charge is 0.494 e. The Bertz CT molecular complexity index is 986. The van der Waals surface area contributed by atoms with E-state index in [0.29, 0.717) is 12.4 Å². The zero-order valence-electron chi connectivity index (χ0n) is 16.7. The van der Waals surface area contributed by atoms with Crippen molar-refractivity contribution >= 4 is 0 Å². The number of nitrogens with zero attached hydrogens (tertiary/aromatic N) is 3. The number of nitrogens with one attached hydrogen (secondary N) is 1. The van der Waals surface area contributed by atoms with Gasteiger partial charge in [0.1, 0.15) is 11.6 Å². The number of benzene rings is 1. The zero-order valence-corrected chi connectivity index (χ0v) is 16.7. The van der Waals surface area contributed by atoms with Crippen molar-refractivity contribution in [1.29, 1.82) is 0 Å². The standard InChI is InChI=1S/C23H26N4O2/c1-2-29-19-10-8-17(9-11-19)16-27-13-4-3-7-21(27)20-14-22(28)26-23(25-20)18-6-5-12-24-15-18/h5-6,8-12,14-15,21H,2-4,7,13,16H2,1H3,(H,25,26,28)/t21-/m0/s1. The molecule has 0 aliphatic carbocycles. The van der Waals surface area contributed by atoms with Crippen LogP contribution in [-0.2, 0) is 6.54 Å². The second kappa shape index (κ2) is 9.01. The van der Waals surface area contributed by atoms with Gasteiger partial charge in [-0.15, -0.1) is 0 Å². The predicted octanol–water partition coefficient (Wildman–Crippen LogP) is 3.96. The first-order valence-corrected chi connectivity index (χ1v) is 10.2. The minimum Gasteiger partial charge on any atom is -0.494 e. The van der Waals surface area contributed by atoms with Gasteiger partial charge in [0.25, 0.3) is 5.56 Å². The fraction of sp³-hybridized carbons (Fsp3) is 0.348. The van der Waals surface area contributed by atoms with Crippen LogP contribution in [0, 0.1) is 0 Å². The van der Waals surface area contributed by atoms with Crippen molar-refractivity contribution in [1.82, 2.24) is 19.9 Å². The van der Waals surface area contributed by atoms with Crippen molar-refractivity contribution in [3.63, 3.8) is 0 Å². The molecule has 1 N–H and O–H groups in total. The first-order valence-electron chi connectivity index (χ1n) is 10.2. The van der Waals surface area contributed by atoms with Gasteiger partial charge in [0.15, 0.2) is 0 Å². The van der Waals surface area contributed by atoms with Crippen LogP contribution in [0.25, 0.3) is 11.4 Å². The summed E-state index contributed by atoms with van der Waals surface area (Å²) in [4.78, 5) is 26.6. The minimum absolute atomic E-state index is 0.125. The molecule has 4 rings (SSSR count). The second-order valence-electron chi connectivity index (χ2n) is 7.32. The maximum absolute atomic E-state index is 12.3. The van der Waals surface area contributed by atoms with Crippen LogP contribution >= 0.6 is 0 Å². The number of H-pyrrole nitrogens is 1. The Hall–Kier alpha value is -2.99. The van der Waals surface area contributed by atoms with Gasteiger partial charge in [-0.05, 0) is 56.1 Å². The summed E-state index contributed by atoms with van der Waals surface area (Å²) in [6.07, 6.45) is 6.74. The van der Waals surface area contributed by atoms with Gasteiger partial charge in [-0.3, -0.25) is 14.7 Å². The molecule has 1 aromatic carbocycles. The summed E-state index contributed by atoms with van der Waals surface area (Å²) < 4.78 is 5.54. The van der Waals surface area contributed by atoms with Crippen LogP contribution < -0.4 is 10.3 Å². The topological polar surface area (TPSA) is 71.1 Å². The summed E-state index contributed by atoms with van der Waals surface area (Å²) in [5.41, 5.74) is 2.76. The highest BCUT2D eigenvalue weighted by Gasteiger charge is 2.26. The molecule has 1 aliphatic rings. The molecule has 6 nitrogen and oxygen atoms in total. The van der Waals surface area contributed by atoms with Crippen LogP contribution in [0.3, 0.4) is 0 Å². The Morgan fingerprint density at radius 1 is 1.21 bits per heavy atom. The molecule has 6 heteroatoms. The van der Waals surface area contributed by atoms with E-state index in [1.54, 1.807) is 18.5 Å². The van der Waals surface area contributed by atoms with Crippen LogP contribution in [0.15, 0.2) is 59.7 Å². The van der Waals surface area contributed by atoms with E-state index in [-0.39, 0.29) is 11.6 Å². The van der Waals surface area contributed by atoms with Gasteiger partial charge >= 0.3 is 0 Å². The third kappa shape index (κ3) is 4.71. The van der Waals surface area contributed by atoms with Crippen molar-refractivity contribution in [3.05, 3.63) is 76.5 Å². The number of aromatic amines is 1. The van der Waals surface area contributed by atoms with Gasteiger partial charge in [-0.25, -0.2) is 4.98 Å². The Morgan fingerprint density at radius 3 is 2.83 bits per heavy atom. The molecule has 0 bridgehead atoms. The first-order chi connectivity index (χ1) is 14.2. The summed E-state index contributed by atoms with van der Waals surface area (Å²) in [5.74, 6) is 1.47. The van der Waals surface area contributed by atoms with E-state index in [2.05, 4.69) is 27.0 Å². The van der Waals surface area contributed by atoms with Gasteiger partial charge < -0.3 is 9.72 Å². The monoisotopic (exact) mass is 390 g/mol. The summed E-state index contributed by atoms with van der Waals surface area (Å²) in [7, 11) is 0. The maximum atomic E-state index is 12.3. The lowest BCUT2D eigenvalue weighted by atomic mass is 9.98. The SMILES string of the molecule is CCOc1ccc(CN2CCCC[C@H]2c2cc(=O)[nH]c(-c3cccnc3)n2)cc1. The third-order valence-electron chi connectivity index (χ3n) is 5.27. The van der Waals surface area contributed by atoms with Gasteiger partial charge in [-0.1, -0.05) is 18.6 Å². The molecule has 0 radical (unpaired) electrons. The number of ether oxygens (including phenoxy) is 1. The molecule has 0 spiro atoms. The molecule has 1 saturated heterocycles. The Balaban J connectivity index is 1.59. The fourth-order valence-electron chi connectivity index (χ4n) is 3.89. The van der Waals surface area contributed by atoms with E-state index in [0.717, 1.165) is 49.4 Å². The summed E-state index contributed by atoms with van der Waals surface area (Å²) in [6.45, 7) is 4.48. The van der Waals surface area contributed by atoms with Crippen LogP contribution in [-0.4, -0.2) is 33.0 Å². The van der Waals surface area contributed by atoms with E-state index >= 15 is 0 Å². The quantitative estimate of drug-likeness (QED) is 0.690. The average molecular weight is 390 g/mol. The molecule has 29 heavy (non-hydrogen) atoms. The second-order valence-corrected chi connectivity index (χ2v) is 7.32. The van der Waals surface area contributed by atoms with E-state index in [1.807, 2.05) is 31.2 Å². The highest BCUT2D eigenvalue weighted by Crippen LogP contribution is 2.31. The van der Waals surface area contributed by atoms with Gasteiger partial charge in [0.05, 0.1) is 18.3 Å². The Morgan fingerprint density at radius 2 is 2.07 bits per heavy atom. The molecular weight excluding hydrogens is 364 g/mol. The van der Waals surface area contributed by atoms with Crippen LogP contribution in [0.5, 0.6) is 5.75 Å². The molecule has 1 fully saturated rings. The number of aromatic nitrogens is 3. The third-order valence-corrected chi connectivity index (χ3v) is 5.27. The van der Waals surface area contributed by atoms with Gasteiger partial charge in [0.2, 0.25) is 0 Å². The molecule has 150 valence electrons. The molecule has 3 heterocycles. The van der Waals surface area contributed by atoms with Crippen molar-refractivity contribution in [3.8, 4) is 17.1 Å². The Kier molecular flexibility index (Phi) is 6.00. The van der Waals surface area contributed by atoms with Crippen molar-refractivity contribution in [2.45, 2.75) is 38.8 Å². The number of likely N-dealkylation sites (tertiary alicyclic amines) is 1. The molecule has 0 amide bonds. The normalized spacial score (nSPS) is 17.2. The molecule has 1 aliphatic heterocycles. The predicted molar refractivity (Wildman–Crippen MR) is 113 cm³/mol. The fourth-order valence-corrected chi connectivity index (χ4v) is 3.89. The van der Waals surface area contributed by atoms with Crippen LogP contribution in [0.2, 0.25) is 0 Å². The number of pyridine rings is 1. The summed E-state index contributed by atoms with van der Waals surface area (Å²) >= 11 is 0. The molecule has 3 aromatic rings. The highest BCUT2D eigenvalue weighted by atomic mass is 16.5. The van der Waals surface area contributed by atoms with E-state index in [1.165, 1.54) is 5.56 Å². The zero-order chi connectivity index (χ0) is 20.1. The lowest BCUT2D eigenvalue weighted by molar-refractivity contribution is 0.137. The van der Waals surface area contributed by atoms with E-state index < -0.39 is 0 Å². The maximum Gasteiger partial charge on any atom is 0.251 e. The molecule has 1 atom stereocenters. The molecular formula is C23H26N4O2. The lowest BCUT2D eigenvalue weighted by Crippen LogP contribution is -2.34. The summed E-state index contributed by atoms with van der Waals surface area (Å²) in [5, 5.41) is 0. The van der Waals surface area contributed by atoms with Crippen LogP contribution in [0.1, 0.15) is 43.5 Å². The molecule has 0 unspecified atom stereocenters. The van der Waals surface area contributed by atoms with Gasteiger partial charge in [-0.2, -0.15) is 0 Å². The van der Waals surface area contributed by atoms with Crippen molar-refractivity contribution in [2.24, 2.45) is 0 Å². The van der Waals surface area contributed by atoms with E-state index in [9.17, 15) is 4.79 Å². The number of rotatable bonds is 6. The molecule has 0 saturated carbocycles. The number of hydrogen-bond donors (Lipinski definition) is 1. The van der Waals surface area contributed by atoms with Crippen molar-refractivity contribution in [2.75, 3.05) is 13.2 Å². The smallest absolute Gasteiger partial charge is 0.251 e. The van der Waals surface area contributed by atoms with E-state index in [4.69, 9.17) is 9.72 Å². The first kappa shape index (κ1) is 19.3. The van der Waals surface area contributed by atoms with Crippen LogP contribution in [0.4, 0.5) is 0 Å². The lowest BCUT2D eigenvalue weighted by Gasteiger charge is -2.35. The average Bonchev–Trinajstić information content (AvgIpc) is 2.76. The summed E-state index contributed by atoms with van der Waals surface area (Å²) in [6, 6.07) is 13.8. The molecule has 2 aromatic heterocycles. The number of hydrogen-bond acceptors (Lipinski definition) is 5. The highest BCUT2D eigenvalue weighted by molar-refractivity contribution is 5.52. The number of piperidine rings is 1.